The third-order valence-electron chi connectivity index (χ3n) is 2.28. The molecule has 0 aromatic carbocycles. The Balaban J connectivity index is 2.11. The van der Waals surface area contributed by atoms with Gasteiger partial charge in [0.2, 0.25) is 0 Å². The molecule has 0 bridgehead atoms. The average molecular weight is 342 g/mol. The van der Waals surface area contributed by atoms with E-state index in [1.54, 1.807) is 0 Å². The molecule has 0 aliphatic carbocycles. The second-order valence-electron chi connectivity index (χ2n) is 3.70. The van der Waals surface area contributed by atoms with E-state index in [9.17, 15) is 9.59 Å². The van der Waals surface area contributed by atoms with Crippen molar-refractivity contribution in [1.82, 2.24) is 0 Å². The van der Waals surface area contributed by atoms with E-state index in [1.165, 1.54) is 4.43 Å². The van der Waals surface area contributed by atoms with Crippen LogP contribution in [-0.4, -0.2) is 33.6 Å². The predicted octanol–water partition coefficient (Wildman–Crippen LogP) is -2.49. The van der Waals surface area contributed by atoms with Gasteiger partial charge in [0.15, 0.2) is 0 Å². The van der Waals surface area contributed by atoms with E-state index >= 15 is 0 Å². The maximum atomic E-state index is 11.3. The number of primary amides is 1. The van der Waals surface area contributed by atoms with Crippen molar-refractivity contribution in [1.29, 1.82) is 0 Å². The first-order chi connectivity index (χ1) is 7.61. The van der Waals surface area contributed by atoms with Crippen molar-refractivity contribution in [2.45, 2.75) is 23.7 Å². The molecule has 1 aliphatic rings. The monoisotopic (exact) mass is 342 g/mol. The van der Waals surface area contributed by atoms with Crippen LogP contribution in [0.1, 0.15) is 19.8 Å². The Hall–Kier alpha value is -0.530. The second kappa shape index (κ2) is 6.93. The minimum atomic E-state index is -0.785. The van der Waals surface area contributed by atoms with Gasteiger partial charge in [-0.05, 0) is 0 Å². The summed E-state index contributed by atoms with van der Waals surface area (Å²) >= 11 is 0.307. The van der Waals surface area contributed by atoms with Gasteiger partial charge in [-0.2, -0.15) is 0 Å². The van der Waals surface area contributed by atoms with E-state index in [0.717, 1.165) is 6.42 Å². The standard InChI is InChI=1S/C10H17INO4/c1-2-7(6-16-10(12)14)5-15-9(13)3-8-4-11-8/h7-8H,2-6H2,1H3,(H2,12,14)/q-1. The summed E-state index contributed by atoms with van der Waals surface area (Å²) in [5.41, 5.74) is 4.86. The van der Waals surface area contributed by atoms with Crippen molar-refractivity contribution in [2.75, 3.05) is 17.6 Å². The molecular weight excluding hydrogens is 325 g/mol. The molecule has 0 radical (unpaired) electrons. The molecule has 6 heteroatoms. The summed E-state index contributed by atoms with van der Waals surface area (Å²) < 4.78 is 11.7. The van der Waals surface area contributed by atoms with Crippen LogP contribution in [0.5, 0.6) is 0 Å². The topological polar surface area (TPSA) is 78.6 Å². The number of nitrogens with two attached hydrogens (primary N) is 1. The molecule has 16 heavy (non-hydrogen) atoms. The van der Waals surface area contributed by atoms with Crippen molar-refractivity contribution < 1.29 is 40.3 Å². The SMILES string of the molecule is CCC(COC(N)=O)COC(=O)CC1C[I-]1. The zero-order chi connectivity index (χ0) is 12.0. The number of esters is 1. The summed E-state index contributed by atoms with van der Waals surface area (Å²) in [5, 5.41) is 0. The Morgan fingerprint density at radius 2 is 2.06 bits per heavy atom. The van der Waals surface area contributed by atoms with E-state index < -0.39 is 6.09 Å². The van der Waals surface area contributed by atoms with Crippen LogP contribution in [0.2, 0.25) is 0 Å². The van der Waals surface area contributed by atoms with Gasteiger partial charge in [-0.15, -0.1) is 0 Å². The van der Waals surface area contributed by atoms with Crippen LogP contribution in [0.25, 0.3) is 0 Å². The molecular formula is C10H17INO4-. The van der Waals surface area contributed by atoms with Crippen LogP contribution in [0.3, 0.4) is 0 Å². The van der Waals surface area contributed by atoms with E-state index in [-0.39, 0.29) is 18.5 Å². The molecule has 1 aliphatic heterocycles. The third kappa shape index (κ3) is 6.14. The first-order valence-electron chi connectivity index (χ1n) is 5.27. The van der Waals surface area contributed by atoms with Gasteiger partial charge in [0, 0.05) is 0 Å². The number of ether oxygens (including phenoxy) is 2. The van der Waals surface area contributed by atoms with Gasteiger partial charge >= 0.3 is 105 Å². The molecule has 2 unspecified atom stereocenters. The number of carbonyl (C=O) groups excluding carboxylic acids is 2. The van der Waals surface area contributed by atoms with Crippen molar-refractivity contribution in [2.24, 2.45) is 11.7 Å². The molecule has 0 spiro atoms. The third-order valence-corrected chi connectivity index (χ3v) is 4.85. The van der Waals surface area contributed by atoms with E-state index in [0.29, 0.717) is 38.2 Å². The number of halogens is 1. The summed E-state index contributed by atoms with van der Waals surface area (Å²) in [7, 11) is 0. The van der Waals surface area contributed by atoms with Gasteiger partial charge < -0.3 is 0 Å². The van der Waals surface area contributed by atoms with Crippen LogP contribution in [0, 0.1) is 5.92 Å². The van der Waals surface area contributed by atoms with Crippen molar-refractivity contribution in [3.8, 4) is 0 Å². The van der Waals surface area contributed by atoms with E-state index in [2.05, 4.69) is 4.74 Å². The minimum absolute atomic E-state index is 0.0466. The fourth-order valence-corrected chi connectivity index (χ4v) is 2.45. The number of hydrogen-bond donors (Lipinski definition) is 1. The molecule has 1 amide bonds. The molecule has 1 saturated heterocycles. The Morgan fingerprint density at radius 1 is 1.44 bits per heavy atom. The summed E-state index contributed by atoms with van der Waals surface area (Å²) in [6.45, 7) is 2.48. The average Bonchev–Trinajstić information content (AvgIpc) is 3.01. The first-order valence-corrected chi connectivity index (χ1v) is 8.04. The number of hydrogen-bond acceptors (Lipinski definition) is 4. The van der Waals surface area contributed by atoms with E-state index in [1.807, 2.05) is 6.92 Å². The van der Waals surface area contributed by atoms with Gasteiger partial charge in [0.25, 0.3) is 0 Å². The molecule has 94 valence electrons. The molecule has 1 heterocycles. The Bertz CT molecular complexity index is 255. The molecule has 1 fully saturated rings. The molecule has 2 atom stereocenters. The molecule has 2 N–H and O–H groups in total. The predicted molar refractivity (Wildman–Crippen MR) is 53.5 cm³/mol. The van der Waals surface area contributed by atoms with Crippen LogP contribution in [-0.2, 0) is 14.3 Å². The van der Waals surface area contributed by atoms with Gasteiger partial charge in [-0.3, -0.25) is 0 Å². The van der Waals surface area contributed by atoms with Gasteiger partial charge in [-0.1, -0.05) is 0 Å². The van der Waals surface area contributed by atoms with Gasteiger partial charge in [0.05, 0.1) is 0 Å². The van der Waals surface area contributed by atoms with Crippen LogP contribution in [0.4, 0.5) is 4.79 Å². The summed E-state index contributed by atoms with van der Waals surface area (Å²) in [4.78, 5) is 21.7. The summed E-state index contributed by atoms with van der Waals surface area (Å²) in [5.74, 6) is -0.0786. The fourth-order valence-electron chi connectivity index (χ4n) is 1.11. The Kier molecular flexibility index (Phi) is 5.86. The van der Waals surface area contributed by atoms with Crippen LogP contribution >= 0.6 is 0 Å². The van der Waals surface area contributed by atoms with Crippen molar-refractivity contribution in [3.05, 3.63) is 0 Å². The maximum absolute atomic E-state index is 11.3. The van der Waals surface area contributed by atoms with Crippen molar-refractivity contribution >= 4 is 12.1 Å². The van der Waals surface area contributed by atoms with E-state index in [4.69, 9.17) is 10.5 Å². The van der Waals surface area contributed by atoms with Crippen molar-refractivity contribution in [3.63, 3.8) is 0 Å². The number of rotatable bonds is 7. The molecule has 1 rings (SSSR count). The number of amides is 1. The number of alkyl halides is 2. The zero-order valence-electron chi connectivity index (χ0n) is 9.28. The van der Waals surface area contributed by atoms with Gasteiger partial charge in [0.1, 0.15) is 0 Å². The summed E-state index contributed by atoms with van der Waals surface area (Å²) in [6.07, 6.45) is 0.574. The first kappa shape index (κ1) is 13.5. The molecule has 0 aromatic heterocycles. The quantitative estimate of drug-likeness (QED) is 0.316. The molecule has 5 nitrogen and oxygen atoms in total. The molecule has 0 saturated carbocycles. The van der Waals surface area contributed by atoms with Crippen LogP contribution in [0.15, 0.2) is 0 Å². The number of carbonyl (C=O) groups is 2. The normalized spacial score (nSPS) is 20.4. The van der Waals surface area contributed by atoms with Crippen LogP contribution < -0.4 is 26.9 Å². The fraction of sp³-hybridized carbons (Fsp3) is 0.800. The Labute approximate surface area is 105 Å². The second-order valence-corrected chi connectivity index (χ2v) is 7.22. The zero-order valence-corrected chi connectivity index (χ0v) is 11.4. The molecule has 0 aromatic rings. The Morgan fingerprint density at radius 3 is 2.56 bits per heavy atom. The summed E-state index contributed by atoms with van der Waals surface area (Å²) in [6, 6.07) is 0. The van der Waals surface area contributed by atoms with Gasteiger partial charge in [-0.25, -0.2) is 0 Å².